The highest BCUT2D eigenvalue weighted by Crippen LogP contribution is 2.15. The van der Waals surface area contributed by atoms with Crippen LogP contribution in [0.4, 0.5) is 0 Å². The molecule has 0 fully saturated rings. The van der Waals surface area contributed by atoms with Crippen LogP contribution >= 0.6 is 0 Å². The molecule has 0 aliphatic heterocycles. The van der Waals surface area contributed by atoms with Crippen molar-refractivity contribution in [1.29, 1.82) is 5.26 Å². The van der Waals surface area contributed by atoms with Crippen molar-refractivity contribution in [2.75, 3.05) is 6.54 Å². The summed E-state index contributed by atoms with van der Waals surface area (Å²) in [6.45, 7) is 7.34. The van der Waals surface area contributed by atoms with Crippen molar-refractivity contribution in [3.63, 3.8) is 0 Å². The third-order valence-electron chi connectivity index (χ3n) is 3.19. The van der Waals surface area contributed by atoms with E-state index in [0.717, 1.165) is 11.1 Å². The van der Waals surface area contributed by atoms with E-state index in [1.807, 2.05) is 19.1 Å². The monoisotopic (exact) mass is 260 g/mol. The standard InChI is InChI=1S/C15H20N2O2/c1-11(2)17(7-6-15(18)19)10-14-5-4-13(9-16)8-12(14)3/h4-5,8,11H,6-7,10H2,1-3H3,(H,18,19). The Morgan fingerprint density at radius 3 is 2.63 bits per heavy atom. The van der Waals surface area contributed by atoms with Crippen LogP contribution in [0.2, 0.25) is 0 Å². The first kappa shape index (κ1) is 15.2. The minimum absolute atomic E-state index is 0.146. The molecular formula is C15H20N2O2. The molecule has 0 bridgehead atoms. The number of nitriles is 1. The maximum atomic E-state index is 10.7. The Bertz CT molecular complexity index is 489. The molecule has 0 aliphatic rings. The minimum Gasteiger partial charge on any atom is -0.481 e. The third kappa shape index (κ3) is 4.72. The Morgan fingerprint density at radius 1 is 1.47 bits per heavy atom. The summed E-state index contributed by atoms with van der Waals surface area (Å²) in [5, 5.41) is 17.6. The normalized spacial score (nSPS) is 10.7. The Balaban J connectivity index is 2.79. The minimum atomic E-state index is -0.776. The zero-order valence-electron chi connectivity index (χ0n) is 11.7. The number of carbonyl (C=O) groups is 1. The highest BCUT2D eigenvalue weighted by molar-refractivity contribution is 5.66. The van der Waals surface area contributed by atoms with E-state index >= 15 is 0 Å². The first-order chi connectivity index (χ1) is 8.93. The van der Waals surface area contributed by atoms with E-state index in [-0.39, 0.29) is 12.5 Å². The number of aryl methyl sites for hydroxylation is 1. The van der Waals surface area contributed by atoms with E-state index in [1.165, 1.54) is 0 Å². The smallest absolute Gasteiger partial charge is 0.304 e. The lowest BCUT2D eigenvalue weighted by Gasteiger charge is -2.26. The Morgan fingerprint density at radius 2 is 2.16 bits per heavy atom. The molecule has 0 saturated heterocycles. The molecule has 0 aromatic heterocycles. The molecule has 1 rings (SSSR count). The van der Waals surface area contributed by atoms with Gasteiger partial charge in [0.15, 0.2) is 0 Å². The van der Waals surface area contributed by atoms with Gasteiger partial charge in [0.2, 0.25) is 0 Å². The summed E-state index contributed by atoms with van der Waals surface area (Å²) in [5.74, 6) is -0.776. The van der Waals surface area contributed by atoms with Gasteiger partial charge in [-0.3, -0.25) is 9.69 Å². The van der Waals surface area contributed by atoms with Crippen molar-refractivity contribution >= 4 is 5.97 Å². The van der Waals surface area contributed by atoms with E-state index in [4.69, 9.17) is 10.4 Å². The molecule has 1 aromatic rings. The molecule has 4 heteroatoms. The maximum absolute atomic E-state index is 10.7. The third-order valence-corrected chi connectivity index (χ3v) is 3.19. The van der Waals surface area contributed by atoms with Gasteiger partial charge in [-0.15, -0.1) is 0 Å². The van der Waals surface area contributed by atoms with Crippen LogP contribution in [0.3, 0.4) is 0 Å². The second kappa shape index (κ2) is 6.91. The van der Waals surface area contributed by atoms with Crippen LogP contribution in [0.5, 0.6) is 0 Å². The molecule has 0 aliphatic carbocycles. The SMILES string of the molecule is Cc1cc(C#N)ccc1CN(CCC(=O)O)C(C)C. The van der Waals surface area contributed by atoms with Gasteiger partial charge in [-0.25, -0.2) is 0 Å². The number of rotatable bonds is 6. The van der Waals surface area contributed by atoms with Gasteiger partial charge >= 0.3 is 5.97 Å². The Labute approximate surface area is 114 Å². The summed E-state index contributed by atoms with van der Waals surface area (Å²) in [7, 11) is 0. The van der Waals surface area contributed by atoms with Crippen LogP contribution in [-0.2, 0) is 11.3 Å². The fourth-order valence-corrected chi connectivity index (χ4v) is 1.92. The summed E-state index contributed by atoms with van der Waals surface area (Å²) in [6, 6.07) is 8.02. The van der Waals surface area contributed by atoms with Gasteiger partial charge in [0.05, 0.1) is 18.1 Å². The van der Waals surface area contributed by atoms with Crippen LogP contribution in [0.15, 0.2) is 18.2 Å². The number of nitrogens with zero attached hydrogens (tertiary/aromatic N) is 2. The van der Waals surface area contributed by atoms with Gasteiger partial charge < -0.3 is 5.11 Å². The van der Waals surface area contributed by atoms with Crippen molar-refractivity contribution in [1.82, 2.24) is 4.90 Å². The lowest BCUT2D eigenvalue weighted by atomic mass is 10.0. The summed E-state index contributed by atoms with van der Waals surface area (Å²) in [5.41, 5.74) is 2.86. The topological polar surface area (TPSA) is 64.3 Å². The summed E-state index contributed by atoms with van der Waals surface area (Å²) < 4.78 is 0. The van der Waals surface area contributed by atoms with Crippen molar-refractivity contribution in [3.8, 4) is 6.07 Å². The van der Waals surface area contributed by atoms with Crippen molar-refractivity contribution in [3.05, 3.63) is 34.9 Å². The molecule has 0 atom stereocenters. The summed E-state index contributed by atoms with van der Waals surface area (Å²) in [6.07, 6.45) is 0.146. The van der Waals surface area contributed by atoms with Crippen molar-refractivity contribution in [2.24, 2.45) is 0 Å². The van der Waals surface area contributed by atoms with Gasteiger partial charge in [-0.2, -0.15) is 5.26 Å². The molecule has 102 valence electrons. The van der Waals surface area contributed by atoms with E-state index in [2.05, 4.69) is 24.8 Å². The highest BCUT2D eigenvalue weighted by Gasteiger charge is 2.13. The zero-order valence-corrected chi connectivity index (χ0v) is 11.7. The number of hydrogen-bond donors (Lipinski definition) is 1. The molecule has 0 radical (unpaired) electrons. The number of carboxylic acids is 1. The average Bonchev–Trinajstić information content (AvgIpc) is 2.35. The van der Waals surface area contributed by atoms with Gasteiger partial charge in [0, 0.05) is 19.1 Å². The van der Waals surface area contributed by atoms with Crippen LogP contribution in [0.25, 0.3) is 0 Å². The molecular weight excluding hydrogens is 240 g/mol. The number of benzene rings is 1. The molecule has 1 aromatic carbocycles. The van der Waals surface area contributed by atoms with Gasteiger partial charge in [0.1, 0.15) is 0 Å². The highest BCUT2D eigenvalue weighted by atomic mass is 16.4. The molecule has 1 N–H and O–H groups in total. The number of carboxylic acid groups (broad SMARTS) is 1. The molecule has 0 amide bonds. The lowest BCUT2D eigenvalue weighted by molar-refractivity contribution is -0.137. The first-order valence-corrected chi connectivity index (χ1v) is 6.39. The van der Waals surface area contributed by atoms with E-state index in [1.54, 1.807) is 6.07 Å². The Hall–Kier alpha value is -1.86. The average molecular weight is 260 g/mol. The molecule has 0 unspecified atom stereocenters. The predicted octanol–water partition coefficient (Wildman–Crippen LogP) is 2.55. The summed E-state index contributed by atoms with van der Waals surface area (Å²) in [4.78, 5) is 12.8. The first-order valence-electron chi connectivity index (χ1n) is 6.39. The number of aliphatic carboxylic acids is 1. The Kier molecular flexibility index (Phi) is 5.53. The van der Waals surface area contributed by atoms with Crippen LogP contribution in [0.1, 0.15) is 37.0 Å². The molecule has 0 heterocycles. The molecule has 0 saturated carbocycles. The van der Waals surface area contributed by atoms with E-state index in [9.17, 15) is 4.79 Å². The summed E-state index contributed by atoms with van der Waals surface area (Å²) >= 11 is 0. The quantitative estimate of drug-likeness (QED) is 0.853. The largest absolute Gasteiger partial charge is 0.481 e. The predicted molar refractivity (Wildman–Crippen MR) is 73.7 cm³/mol. The van der Waals surface area contributed by atoms with Gasteiger partial charge in [0.25, 0.3) is 0 Å². The van der Waals surface area contributed by atoms with Gasteiger partial charge in [-0.05, 0) is 44.0 Å². The van der Waals surface area contributed by atoms with Gasteiger partial charge in [-0.1, -0.05) is 6.07 Å². The second-order valence-electron chi connectivity index (χ2n) is 4.96. The van der Waals surface area contributed by atoms with Crippen molar-refractivity contribution in [2.45, 2.75) is 39.8 Å². The maximum Gasteiger partial charge on any atom is 0.304 e. The number of hydrogen-bond acceptors (Lipinski definition) is 3. The molecule has 0 spiro atoms. The van der Waals surface area contributed by atoms with Crippen LogP contribution in [0, 0.1) is 18.3 Å². The van der Waals surface area contributed by atoms with Crippen LogP contribution in [-0.4, -0.2) is 28.6 Å². The fourth-order valence-electron chi connectivity index (χ4n) is 1.92. The lowest BCUT2D eigenvalue weighted by Crippen LogP contribution is -2.32. The van der Waals surface area contributed by atoms with Crippen molar-refractivity contribution < 1.29 is 9.90 Å². The second-order valence-corrected chi connectivity index (χ2v) is 4.96. The van der Waals surface area contributed by atoms with E-state index < -0.39 is 5.97 Å². The fraction of sp³-hybridized carbons (Fsp3) is 0.467. The van der Waals surface area contributed by atoms with Crippen LogP contribution < -0.4 is 0 Å². The molecule has 19 heavy (non-hydrogen) atoms. The zero-order chi connectivity index (χ0) is 14.4. The molecule has 4 nitrogen and oxygen atoms in total. The van der Waals surface area contributed by atoms with E-state index in [0.29, 0.717) is 18.7 Å².